The molecule has 2 heterocycles. The Hall–Kier alpha value is -2.97. The lowest BCUT2D eigenvalue weighted by atomic mass is 9.96. The van der Waals surface area contributed by atoms with Crippen LogP contribution in [0.3, 0.4) is 0 Å². The van der Waals surface area contributed by atoms with Gasteiger partial charge in [-0.3, -0.25) is 9.79 Å². The van der Waals surface area contributed by atoms with Crippen LogP contribution in [0.4, 0.5) is 0 Å². The highest BCUT2D eigenvalue weighted by atomic mass is 16.2. The maximum absolute atomic E-state index is 12.6. The van der Waals surface area contributed by atoms with E-state index in [9.17, 15) is 10.1 Å². The van der Waals surface area contributed by atoms with Crippen LogP contribution in [0.25, 0.3) is 11.1 Å². The topological polar surface area (TPSA) is 77.3 Å². The Kier molecular flexibility index (Phi) is 4.88. The first kappa shape index (κ1) is 19.0. The highest BCUT2D eigenvalue weighted by molar-refractivity contribution is 6.02. The first-order valence-corrected chi connectivity index (χ1v) is 10.8. The maximum atomic E-state index is 12.6. The number of amides is 1. The van der Waals surface area contributed by atoms with Gasteiger partial charge in [0.15, 0.2) is 0 Å². The Balaban J connectivity index is 1.24. The molecule has 1 saturated heterocycles. The molecule has 152 valence electrons. The van der Waals surface area contributed by atoms with Crippen LogP contribution in [-0.4, -0.2) is 29.7 Å². The van der Waals surface area contributed by atoms with E-state index in [1.807, 2.05) is 0 Å². The highest BCUT2D eigenvalue weighted by Gasteiger charge is 2.43. The molecule has 5 nitrogen and oxygen atoms in total. The molecule has 1 amide bonds. The van der Waals surface area contributed by atoms with Gasteiger partial charge in [-0.1, -0.05) is 36.4 Å². The Morgan fingerprint density at radius 3 is 2.73 bits per heavy atom. The maximum Gasteiger partial charge on any atom is 0.238 e. The average molecular weight is 399 g/mol. The number of nitrogens with one attached hydrogen (secondary N) is 2. The van der Waals surface area contributed by atoms with Gasteiger partial charge >= 0.3 is 0 Å². The van der Waals surface area contributed by atoms with Crippen molar-refractivity contribution in [3.8, 4) is 17.2 Å². The quantitative estimate of drug-likeness (QED) is 0.811. The summed E-state index contributed by atoms with van der Waals surface area (Å²) in [6.45, 7) is 2.83. The van der Waals surface area contributed by atoms with Crippen molar-refractivity contribution >= 4 is 11.6 Å². The first-order valence-electron chi connectivity index (χ1n) is 10.8. The van der Waals surface area contributed by atoms with Gasteiger partial charge in [0.2, 0.25) is 5.91 Å². The van der Waals surface area contributed by atoms with E-state index in [1.165, 1.54) is 23.1 Å². The summed E-state index contributed by atoms with van der Waals surface area (Å²) in [4.78, 5) is 17.1. The van der Waals surface area contributed by atoms with Crippen molar-refractivity contribution < 1.29 is 4.79 Å². The zero-order valence-corrected chi connectivity index (χ0v) is 17.2. The van der Waals surface area contributed by atoms with Gasteiger partial charge < -0.3 is 10.6 Å². The molecule has 0 radical (unpaired) electrons. The average Bonchev–Trinajstić information content (AvgIpc) is 3.50. The summed E-state index contributed by atoms with van der Waals surface area (Å²) >= 11 is 0. The van der Waals surface area contributed by atoms with E-state index in [1.54, 1.807) is 0 Å². The number of hydrogen-bond acceptors (Lipinski definition) is 4. The summed E-state index contributed by atoms with van der Waals surface area (Å²) in [5, 5.41) is 15.9. The largest absolute Gasteiger partial charge is 0.339 e. The normalized spacial score (nSPS) is 24.8. The number of aliphatic imine (C=N–C) groups is 1. The smallest absolute Gasteiger partial charge is 0.238 e. The standard InChI is InChI=1S/C25H26N4O/c1-15-23-12-18(6-7-20(23)14-27-15)17-4-2-16(3-5-17)10-22(13-26)29-25(30)24-19-8-9-21(11-19)28-24/h2-7,12,19,21-22,24,28H,8-11,14H2,1H3,(H,29,30)/t19-,21+,22-,24-/m0/s1. The van der Waals surface area contributed by atoms with E-state index < -0.39 is 6.04 Å². The second kappa shape index (κ2) is 7.70. The Morgan fingerprint density at radius 2 is 2.03 bits per heavy atom. The molecule has 0 aromatic heterocycles. The fourth-order valence-electron chi connectivity index (χ4n) is 5.13. The molecule has 4 atom stereocenters. The predicted octanol–water partition coefficient (Wildman–Crippen LogP) is 3.37. The van der Waals surface area contributed by atoms with Crippen LogP contribution in [0.1, 0.15) is 42.9 Å². The second-order valence-corrected chi connectivity index (χ2v) is 8.78. The molecule has 2 N–H and O–H groups in total. The Labute approximate surface area is 177 Å². The van der Waals surface area contributed by atoms with Crippen LogP contribution in [-0.2, 0) is 17.8 Å². The van der Waals surface area contributed by atoms with Crippen LogP contribution < -0.4 is 10.6 Å². The third-order valence-corrected chi connectivity index (χ3v) is 6.83. The number of nitriles is 1. The Morgan fingerprint density at radius 1 is 1.23 bits per heavy atom. The number of carbonyl (C=O) groups is 1. The second-order valence-electron chi connectivity index (χ2n) is 8.78. The minimum Gasteiger partial charge on any atom is -0.339 e. The van der Waals surface area contributed by atoms with Crippen molar-refractivity contribution in [2.75, 3.05) is 0 Å². The lowest BCUT2D eigenvalue weighted by Crippen LogP contribution is -2.50. The Bertz CT molecular complexity index is 1050. The number of hydrogen-bond donors (Lipinski definition) is 2. The molecule has 30 heavy (non-hydrogen) atoms. The number of carbonyl (C=O) groups excluding carboxylic acids is 1. The number of benzene rings is 2. The molecule has 5 heteroatoms. The van der Waals surface area contributed by atoms with E-state index in [0.29, 0.717) is 18.4 Å². The number of fused-ring (bicyclic) bond motifs is 3. The number of piperidine rings is 1. The van der Waals surface area contributed by atoms with Gasteiger partial charge in [0.25, 0.3) is 0 Å². The first-order chi connectivity index (χ1) is 14.6. The van der Waals surface area contributed by atoms with Crippen LogP contribution in [0.2, 0.25) is 0 Å². The van der Waals surface area contributed by atoms with E-state index in [-0.39, 0.29) is 11.9 Å². The summed E-state index contributed by atoms with van der Waals surface area (Å²) in [6.07, 6.45) is 3.88. The van der Waals surface area contributed by atoms with Crippen LogP contribution in [0.15, 0.2) is 47.5 Å². The lowest BCUT2D eigenvalue weighted by Gasteiger charge is -2.23. The monoisotopic (exact) mass is 398 g/mol. The molecule has 2 fully saturated rings. The third-order valence-electron chi connectivity index (χ3n) is 6.83. The number of rotatable bonds is 5. The molecule has 1 aliphatic carbocycles. The van der Waals surface area contributed by atoms with Crippen molar-refractivity contribution in [3.63, 3.8) is 0 Å². The van der Waals surface area contributed by atoms with Crippen LogP contribution in [0.5, 0.6) is 0 Å². The molecule has 1 saturated carbocycles. The van der Waals surface area contributed by atoms with Crippen molar-refractivity contribution in [2.24, 2.45) is 10.9 Å². The molecule has 5 rings (SSSR count). The third kappa shape index (κ3) is 3.53. The van der Waals surface area contributed by atoms with Gasteiger partial charge in [-0.05, 0) is 60.4 Å². The molecular weight excluding hydrogens is 372 g/mol. The van der Waals surface area contributed by atoms with Gasteiger partial charge in [-0.2, -0.15) is 5.26 Å². The fourth-order valence-corrected chi connectivity index (χ4v) is 5.13. The summed E-state index contributed by atoms with van der Waals surface area (Å²) in [7, 11) is 0. The SMILES string of the molecule is CC1=NCc2ccc(-c3ccc(C[C@@H](C#N)NC(=O)[C@H]4N[C@@H]5CC[C@H]4C5)cc3)cc21. The highest BCUT2D eigenvalue weighted by Crippen LogP contribution is 2.35. The molecule has 2 aliphatic heterocycles. The summed E-state index contributed by atoms with van der Waals surface area (Å²) < 4.78 is 0. The van der Waals surface area contributed by atoms with Gasteiger partial charge in [0.1, 0.15) is 6.04 Å². The van der Waals surface area contributed by atoms with E-state index in [0.717, 1.165) is 36.2 Å². The van der Waals surface area contributed by atoms with Gasteiger partial charge in [-0.15, -0.1) is 0 Å². The molecular formula is C25H26N4O. The molecule has 0 unspecified atom stereocenters. The molecule has 2 bridgehead atoms. The minimum atomic E-state index is -0.511. The summed E-state index contributed by atoms with van der Waals surface area (Å²) in [5.41, 5.74) is 6.98. The molecule has 3 aliphatic rings. The molecule has 2 aromatic rings. The van der Waals surface area contributed by atoms with E-state index in [4.69, 9.17) is 0 Å². The molecule has 2 aromatic carbocycles. The van der Waals surface area contributed by atoms with Crippen molar-refractivity contribution in [2.45, 2.75) is 57.3 Å². The van der Waals surface area contributed by atoms with Gasteiger partial charge in [-0.25, -0.2) is 0 Å². The predicted molar refractivity (Wildman–Crippen MR) is 117 cm³/mol. The van der Waals surface area contributed by atoms with Gasteiger partial charge in [0.05, 0.1) is 18.7 Å². The van der Waals surface area contributed by atoms with Crippen LogP contribution in [0, 0.1) is 17.2 Å². The van der Waals surface area contributed by atoms with Crippen molar-refractivity contribution in [3.05, 3.63) is 59.2 Å². The van der Waals surface area contributed by atoms with E-state index in [2.05, 4.69) is 71.1 Å². The van der Waals surface area contributed by atoms with E-state index >= 15 is 0 Å². The molecule has 0 spiro atoms. The van der Waals surface area contributed by atoms with Gasteiger partial charge in [0, 0.05) is 23.7 Å². The fraction of sp³-hybridized carbons (Fsp3) is 0.400. The van der Waals surface area contributed by atoms with Crippen molar-refractivity contribution in [1.82, 2.24) is 10.6 Å². The lowest BCUT2D eigenvalue weighted by molar-refractivity contribution is -0.124. The minimum absolute atomic E-state index is 0.0273. The van der Waals surface area contributed by atoms with Crippen LogP contribution >= 0.6 is 0 Å². The zero-order valence-electron chi connectivity index (χ0n) is 17.2. The number of nitrogens with zero attached hydrogens (tertiary/aromatic N) is 2. The summed E-state index contributed by atoms with van der Waals surface area (Å²) in [6, 6.07) is 16.9. The summed E-state index contributed by atoms with van der Waals surface area (Å²) in [5.74, 6) is 0.398. The van der Waals surface area contributed by atoms with Crippen molar-refractivity contribution in [1.29, 1.82) is 5.26 Å². The zero-order chi connectivity index (χ0) is 20.7.